The average Bonchev–Trinajstić information content (AvgIpc) is 3.41. The van der Waals surface area contributed by atoms with Crippen molar-refractivity contribution < 1.29 is 9.72 Å². The Bertz CT molecular complexity index is 1480. The molecule has 0 aliphatic carbocycles. The number of hydrogen-bond acceptors (Lipinski definition) is 8. The Balaban J connectivity index is 1.22. The number of nitro benzene ring substituents is 1. The number of amides is 1. The molecule has 0 spiro atoms. The fourth-order valence-electron chi connectivity index (χ4n) is 4.42. The first-order chi connectivity index (χ1) is 18.8. The van der Waals surface area contributed by atoms with Crippen LogP contribution in [0.5, 0.6) is 0 Å². The third kappa shape index (κ3) is 6.66. The van der Waals surface area contributed by atoms with Gasteiger partial charge in [0.25, 0.3) is 11.6 Å². The minimum absolute atomic E-state index is 0.0268. The van der Waals surface area contributed by atoms with Crippen molar-refractivity contribution in [1.29, 1.82) is 0 Å². The van der Waals surface area contributed by atoms with Crippen LogP contribution in [0.3, 0.4) is 0 Å². The largest absolute Gasteiger partial charge is 0.331 e. The predicted octanol–water partition coefficient (Wildman–Crippen LogP) is 5.77. The van der Waals surface area contributed by atoms with Crippen molar-refractivity contribution in [2.45, 2.75) is 13.5 Å². The topological polar surface area (TPSA) is 104 Å². The number of piperazine rings is 1. The number of hydrogen-bond donors (Lipinski definition) is 2. The Labute approximate surface area is 231 Å². The lowest BCUT2D eigenvalue weighted by Crippen LogP contribution is -2.43. The number of nitrogens with zero attached hydrogens (tertiary/aromatic N) is 4. The van der Waals surface area contributed by atoms with Crippen LogP contribution in [-0.4, -0.2) is 58.8 Å². The molecule has 1 aliphatic rings. The second-order valence-electron chi connectivity index (χ2n) is 9.73. The first-order valence-electron chi connectivity index (χ1n) is 12.7. The molecule has 1 aromatic heterocycles. The van der Waals surface area contributed by atoms with Gasteiger partial charge in [0, 0.05) is 72.7 Å². The first kappa shape index (κ1) is 26.5. The lowest BCUT2D eigenvalue weighted by molar-refractivity contribution is -0.384. The van der Waals surface area contributed by atoms with Crippen LogP contribution in [0.15, 0.2) is 72.1 Å². The van der Waals surface area contributed by atoms with E-state index in [-0.39, 0.29) is 11.6 Å². The molecule has 3 aromatic carbocycles. The zero-order valence-electron chi connectivity index (χ0n) is 21.9. The zero-order chi connectivity index (χ0) is 27.4. The van der Waals surface area contributed by atoms with Crippen molar-refractivity contribution in [1.82, 2.24) is 14.8 Å². The summed E-state index contributed by atoms with van der Waals surface area (Å²) in [5.74, 6) is -0.168. The smallest absolute Gasteiger partial charge is 0.270 e. The summed E-state index contributed by atoms with van der Waals surface area (Å²) in [6.07, 6.45) is 0. The highest BCUT2D eigenvalue weighted by Crippen LogP contribution is 2.31. The number of nitro groups is 1. The highest BCUT2D eigenvalue weighted by molar-refractivity contribution is 7.14. The molecule has 0 unspecified atom stereocenters. The molecular formula is C29H30N6O3S. The van der Waals surface area contributed by atoms with Crippen molar-refractivity contribution in [3.63, 3.8) is 0 Å². The summed E-state index contributed by atoms with van der Waals surface area (Å²) in [7, 11) is 2.15. The summed E-state index contributed by atoms with van der Waals surface area (Å²) in [6, 6.07) is 19.9. The van der Waals surface area contributed by atoms with Gasteiger partial charge in [0.05, 0.1) is 10.6 Å². The van der Waals surface area contributed by atoms with Gasteiger partial charge in [-0.1, -0.05) is 30.3 Å². The zero-order valence-corrected chi connectivity index (χ0v) is 22.7. The SMILES string of the molecule is Cc1ccc(NC(=O)c2ccc(CN3CCN(C)CC3)cc2)cc1Nc1nc(-c2cccc([N+](=O)[O-])c2)cs1. The summed E-state index contributed by atoms with van der Waals surface area (Å²) in [5.41, 5.74) is 5.65. The fourth-order valence-corrected chi connectivity index (χ4v) is 5.15. The molecule has 1 amide bonds. The van der Waals surface area contributed by atoms with Crippen molar-refractivity contribution in [2.75, 3.05) is 43.9 Å². The van der Waals surface area contributed by atoms with E-state index in [2.05, 4.69) is 32.5 Å². The molecular weight excluding hydrogens is 512 g/mol. The summed E-state index contributed by atoms with van der Waals surface area (Å²) in [5, 5.41) is 19.9. The number of thiazole rings is 1. The van der Waals surface area contributed by atoms with Gasteiger partial charge in [0.2, 0.25) is 0 Å². The van der Waals surface area contributed by atoms with Crippen LogP contribution >= 0.6 is 11.3 Å². The van der Waals surface area contributed by atoms with E-state index in [1.807, 2.05) is 54.8 Å². The van der Waals surface area contributed by atoms with E-state index < -0.39 is 4.92 Å². The van der Waals surface area contributed by atoms with Gasteiger partial charge in [-0.2, -0.15) is 0 Å². The first-order valence-corrected chi connectivity index (χ1v) is 13.6. The number of anilines is 3. The van der Waals surface area contributed by atoms with Crippen LogP contribution in [0.1, 0.15) is 21.5 Å². The Morgan fingerprint density at radius 3 is 2.56 bits per heavy atom. The maximum atomic E-state index is 12.9. The highest BCUT2D eigenvalue weighted by Gasteiger charge is 2.15. The lowest BCUT2D eigenvalue weighted by Gasteiger charge is -2.32. The number of aromatic nitrogens is 1. The minimum atomic E-state index is -0.416. The number of rotatable bonds is 8. The molecule has 10 heteroatoms. The van der Waals surface area contributed by atoms with Crippen LogP contribution in [0.2, 0.25) is 0 Å². The normalized spacial score (nSPS) is 14.2. The lowest BCUT2D eigenvalue weighted by atomic mass is 10.1. The predicted molar refractivity (Wildman–Crippen MR) is 156 cm³/mol. The van der Waals surface area contributed by atoms with E-state index in [0.29, 0.717) is 27.6 Å². The second kappa shape index (κ2) is 11.7. The van der Waals surface area contributed by atoms with E-state index in [1.54, 1.807) is 12.1 Å². The van der Waals surface area contributed by atoms with Crippen molar-refractivity contribution in [3.8, 4) is 11.3 Å². The summed E-state index contributed by atoms with van der Waals surface area (Å²) >= 11 is 1.41. The molecule has 5 rings (SSSR count). The maximum absolute atomic E-state index is 12.9. The molecule has 0 radical (unpaired) electrons. The molecule has 2 N–H and O–H groups in total. The van der Waals surface area contributed by atoms with Crippen molar-refractivity contribution >= 4 is 39.4 Å². The maximum Gasteiger partial charge on any atom is 0.270 e. The molecule has 2 heterocycles. The number of aryl methyl sites for hydroxylation is 1. The molecule has 39 heavy (non-hydrogen) atoms. The quantitative estimate of drug-likeness (QED) is 0.215. The van der Waals surface area contributed by atoms with Gasteiger partial charge in [-0.15, -0.1) is 11.3 Å². The molecule has 0 bridgehead atoms. The van der Waals surface area contributed by atoms with Crippen molar-refractivity contribution in [2.24, 2.45) is 0 Å². The molecule has 1 saturated heterocycles. The third-order valence-corrected chi connectivity index (χ3v) is 7.57. The number of benzene rings is 3. The Hall–Kier alpha value is -4.12. The van der Waals surface area contributed by atoms with Crippen LogP contribution < -0.4 is 10.6 Å². The van der Waals surface area contributed by atoms with Gasteiger partial charge < -0.3 is 15.5 Å². The van der Waals surface area contributed by atoms with Gasteiger partial charge in [-0.3, -0.25) is 19.8 Å². The summed E-state index contributed by atoms with van der Waals surface area (Å²) < 4.78 is 0. The van der Waals surface area contributed by atoms with Gasteiger partial charge in [0.15, 0.2) is 5.13 Å². The number of carbonyl (C=O) groups excluding carboxylic acids is 1. The van der Waals surface area contributed by atoms with Gasteiger partial charge in [0.1, 0.15) is 0 Å². The highest BCUT2D eigenvalue weighted by atomic mass is 32.1. The molecule has 1 fully saturated rings. The van der Waals surface area contributed by atoms with Crippen LogP contribution in [0, 0.1) is 17.0 Å². The third-order valence-electron chi connectivity index (χ3n) is 6.81. The molecule has 1 aliphatic heterocycles. The number of likely N-dealkylation sites (N-methyl/N-ethyl adjacent to an activating group) is 1. The van der Waals surface area contributed by atoms with E-state index in [9.17, 15) is 14.9 Å². The minimum Gasteiger partial charge on any atom is -0.331 e. The van der Waals surface area contributed by atoms with E-state index in [1.165, 1.54) is 29.0 Å². The Morgan fingerprint density at radius 2 is 1.82 bits per heavy atom. The van der Waals surface area contributed by atoms with Gasteiger partial charge in [-0.05, 0) is 49.4 Å². The Morgan fingerprint density at radius 1 is 1.05 bits per heavy atom. The average molecular weight is 543 g/mol. The standard InChI is InChI=1S/C29H30N6O3S/c1-20-6-11-24(30-28(36)22-9-7-21(8-10-22)18-34-14-12-33(2)13-15-34)17-26(20)31-29-32-27(19-39-29)23-4-3-5-25(16-23)35(37)38/h3-11,16-17,19H,12-15,18H2,1-2H3,(H,30,36)(H,31,32). The van der Waals surface area contributed by atoms with Crippen molar-refractivity contribution in [3.05, 3.63) is 98.9 Å². The van der Waals surface area contributed by atoms with Gasteiger partial charge >= 0.3 is 0 Å². The molecule has 9 nitrogen and oxygen atoms in total. The number of nitrogens with one attached hydrogen (secondary N) is 2. The summed E-state index contributed by atoms with van der Waals surface area (Å²) in [6.45, 7) is 7.13. The Kier molecular flexibility index (Phi) is 7.97. The molecule has 4 aromatic rings. The van der Waals surface area contributed by atoms with E-state index in [4.69, 9.17) is 0 Å². The van der Waals surface area contributed by atoms with E-state index in [0.717, 1.165) is 44.0 Å². The number of non-ortho nitro benzene ring substituents is 1. The van der Waals surface area contributed by atoms with Crippen LogP contribution in [-0.2, 0) is 6.54 Å². The molecule has 0 saturated carbocycles. The fraction of sp³-hybridized carbons (Fsp3) is 0.241. The van der Waals surface area contributed by atoms with Crippen LogP contribution in [0.25, 0.3) is 11.3 Å². The molecule has 0 atom stereocenters. The van der Waals surface area contributed by atoms with Gasteiger partial charge in [-0.25, -0.2) is 4.98 Å². The second-order valence-corrected chi connectivity index (χ2v) is 10.6. The monoisotopic (exact) mass is 542 g/mol. The molecule has 200 valence electrons. The number of carbonyl (C=O) groups is 1. The van der Waals surface area contributed by atoms with Crippen LogP contribution in [0.4, 0.5) is 22.2 Å². The summed E-state index contributed by atoms with van der Waals surface area (Å²) in [4.78, 5) is 33.0. The van der Waals surface area contributed by atoms with E-state index >= 15 is 0 Å².